The number of rotatable bonds is 2. The molecule has 2 aromatic rings. The summed E-state index contributed by atoms with van der Waals surface area (Å²) in [7, 11) is 0. The highest BCUT2D eigenvalue weighted by molar-refractivity contribution is 5.99. The molecular weight excluding hydrogens is 289 g/mol. The molecule has 1 aromatic heterocycles. The molecule has 2 heterocycles. The lowest BCUT2D eigenvalue weighted by Crippen LogP contribution is -2.43. The third-order valence-electron chi connectivity index (χ3n) is 2.66. The van der Waals surface area contributed by atoms with Crippen LogP contribution in [0.3, 0.4) is 0 Å². The Hall–Kier alpha value is -2.84. The van der Waals surface area contributed by atoms with E-state index >= 15 is 0 Å². The van der Waals surface area contributed by atoms with Gasteiger partial charge in [-0.2, -0.15) is 8.78 Å². The van der Waals surface area contributed by atoms with Crippen molar-refractivity contribution in [3.05, 3.63) is 36.5 Å². The molecule has 0 saturated carbocycles. The number of halogens is 3. The second-order valence-electron chi connectivity index (χ2n) is 4.13. The van der Waals surface area contributed by atoms with Crippen molar-refractivity contribution >= 4 is 23.1 Å². The number of alkyl halides is 2. The first-order valence-corrected chi connectivity index (χ1v) is 5.70. The van der Waals surface area contributed by atoms with Crippen LogP contribution in [0.25, 0.3) is 0 Å². The largest absolute Gasteiger partial charge is 0.482 e. The lowest BCUT2D eigenvalue weighted by molar-refractivity contribution is -0.189. The molecule has 21 heavy (non-hydrogen) atoms. The molecule has 108 valence electrons. The van der Waals surface area contributed by atoms with Crippen LogP contribution in [0, 0.1) is 5.82 Å². The Morgan fingerprint density at radius 3 is 2.90 bits per heavy atom. The van der Waals surface area contributed by atoms with Crippen LogP contribution in [-0.2, 0) is 4.79 Å². The molecule has 0 saturated heterocycles. The summed E-state index contributed by atoms with van der Waals surface area (Å²) in [6.45, 7) is 0. The molecule has 1 aromatic carbocycles. The van der Waals surface area contributed by atoms with Gasteiger partial charge >= 0.3 is 12.0 Å². The quantitative estimate of drug-likeness (QED) is 0.889. The van der Waals surface area contributed by atoms with Crippen molar-refractivity contribution in [1.82, 2.24) is 9.97 Å². The molecule has 6 nitrogen and oxygen atoms in total. The maximum Gasteiger partial charge on any atom is 0.482 e. The van der Waals surface area contributed by atoms with Gasteiger partial charge in [0.25, 0.3) is 0 Å². The minimum Gasteiger partial charge on any atom is -0.423 e. The summed E-state index contributed by atoms with van der Waals surface area (Å²) in [6, 6.07) is 3.93. The van der Waals surface area contributed by atoms with Gasteiger partial charge in [0.15, 0.2) is 17.4 Å². The van der Waals surface area contributed by atoms with Crippen molar-refractivity contribution in [2.45, 2.75) is 6.11 Å². The molecule has 0 aliphatic carbocycles. The number of benzene rings is 1. The number of aromatic nitrogens is 2. The SMILES string of the molecule is O=C1Nc2cc(Nc3ncncc3F)ccc2OC1(F)F. The van der Waals surface area contributed by atoms with Gasteiger partial charge in [0.1, 0.15) is 6.33 Å². The summed E-state index contributed by atoms with van der Waals surface area (Å²) in [5.41, 5.74) is 0.380. The smallest absolute Gasteiger partial charge is 0.423 e. The first kappa shape index (κ1) is 13.2. The summed E-state index contributed by atoms with van der Waals surface area (Å²) >= 11 is 0. The topological polar surface area (TPSA) is 76.1 Å². The van der Waals surface area contributed by atoms with Gasteiger partial charge in [-0.25, -0.2) is 14.4 Å². The Bertz CT molecular complexity index is 723. The Balaban J connectivity index is 1.89. The van der Waals surface area contributed by atoms with Gasteiger partial charge < -0.3 is 15.4 Å². The number of hydrogen-bond acceptors (Lipinski definition) is 5. The fraction of sp³-hybridized carbons (Fsp3) is 0.0833. The molecule has 0 spiro atoms. The van der Waals surface area contributed by atoms with E-state index in [4.69, 9.17) is 0 Å². The van der Waals surface area contributed by atoms with E-state index < -0.39 is 17.8 Å². The van der Waals surface area contributed by atoms with Gasteiger partial charge in [0, 0.05) is 5.69 Å². The predicted octanol–water partition coefficient (Wildman–Crippen LogP) is 2.28. The highest BCUT2D eigenvalue weighted by Gasteiger charge is 2.46. The minimum atomic E-state index is -3.92. The molecule has 2 N–H and O–H groups in total. The van der Waals surface area contributed by atoms with Crippen molar-refractivity contribution in [3.8, 4) is 5.75 Å². The van der Waals surface area contributed by atoms with Crippen molar-refractivity contribution in [1.29, 1.82) is 0 Å². The Morgan fingerprint density at radius 2 is 2.14 bits per heavy atom. The second-order valence-corrected chi connectivity index (χ2v) is 4.13. The first-order chi connectivity index (χ1) is 9.95. The van der Waals surface area contributed by atoms with E-state index in [1.165, 1.54) is 18.2 Å². The monoisotopic (exact) mass is 296 g/mol. The summed E-state index contributed by atoms with van der Waals surface area (Å²) < 4.78 is 43.8. The highest BCUT2D eigenvalue weighted by atomic mass is 19.3. The van der Waals surface area contributed by atoms with Crippen molar-refractivity contribution in [3.63, 3.8) is 0 Å². The maximum absolute atomic E-state index is 13.4. The van der Waals surface area contributed by atoms with E-state index in [1.54, 1.807) is 0 Å². The molecule has 0 unspecified atom stereocenters. The van der Waals surface area contributed by atoms with Gasteiger partial charge in [0.2, 0.25) is 0 Å². The number of anilines is 3. The van der Waals surface area contributed by atoms with Crippen LogP contribution in [0.15, 0.2) is 30.7 Å². The van der Waals surface area contributed by atoms with Crippen LogP contribution in [0.4, 0.5) is 30.4 Å². The fourth-order valence-electron chi connectivity index (χ4n) is 1.72. The van der Waals surface area contributed by atoms with Crippen LogP contribution in [0.2, 0.25) is 0 Å². The van der Waals surface area contributed by atoms with Gasteiger partial charge in [-0.1, -0.05) is 0 Å². The molecule has 1 aliphatic rings. The van der Waals surface area contributed by atoms with Crippen molar-refractivity contribution in [2.75, 3.05) is 10.6 Å². The van der Waals surface area contributed by atoms with Gasteiger partial charge in [-0.15, -0.1) is 0 Å². The van der Waals surface area contributed by atoms with Gasteiger partial charge in [-0.3, -0.25) is 4.79 Å². The maximum atomic E-state index is 13.4. The van der Waals surface area contributed by atoms with Gasteiger partial charge in [0.05, 0.1) is 11.9 Å². The Morgan fingerprint density at radius 1 is 1.33 bits per heavy atom. The zero-order valence-electron chi connectivity index (χ0n) is 10.2. The predicted molar refractivity (Wildman–Crippen MR) is 65.9 cm³/mol. The molecule has 0 fully saturated rings. The molecule has 0 radical (unpaired) electrons. The van der Waals surface area contributed by atoms with Crippen LogP contribution in [0.5, 0.6) is 5.75 Å². The third kappa shape index (κ3) is 2.45. The first-order valence-electron chi connectivity index (χ1n) is 5.70. The number of nitrogens with one attached hydrogen (secondary N) is 2. The Kier molecular flexibility index (Phi) is 2.89. The summed E-state index contributed by atoms with van der Waals surface area (Å²) in [4.78, 5) is 18.3. The van der Waals surface area contributed by atoms with E-state index in [0.717, 1.165) is 12.5 Å². The Labute approximate surface area is 116 Å². The van der Waals surface area contributed by atoms with E-state index in [2.05, 4.69) is 20.0 Å². The van der Waals surface area contributed by atoms with E-state index in [9.17, 15) is 18.0 Å². The molecule has 3 rings (SSSR count). The van der Waals surface area contributed by atoms with E-state index in [-0.39, 0.29) is 17.3 Å². The van der Waals surface area contributed by atoms with E-state index in [0.29, 0.717) is 5.69 Å². The lowest BCUT2D eigenvalue weighted by Gasteiger charge is -2.25. The van der Waals surface area contributed by atoms with E-state index in [1.807, 2.05) is 5.32 Å². The summed E-state index contributed by atoms with van der Waals surface area (Å²) in [5, 5.41) is 4.65. The van der Waals surface area contributed by atoms with Gasteiger partial charge in [-0.05, 0) is 18.2 Å². The lowest BCUT2D eigenvalue weighted by atomic mass is 10.2. The van der Waals surface area contributed by atoms with Crippen LogP contribution in [-0.4, -0.2) is 22.0 Å². The van der Waals surface area contributed by atoms with Crippen molar-refractivity contribution in [2.24, 2.45) is 0 Å². The average Bonchev–Trinajstić information content (AvgIpc) is 2.43. The number of amides is 1. The summed E-state index contributed by atoms with van der Waals surface area (Å²) in [6.07, 6.45) is -1.80. The van der Waals surface area contributed by atoms with Crippen LogP contribution < -0.4 is 15.4 Å². The number of carbonyl (C=O) groups excluding carboxylic acids is 1. The molecule has 0 atom stereocenters. The standard InChI is InChI=1S/C12H7F3N4O2/c13-7-4-16-5-17-10(7)18-6-1-2-9-8(3-6)19-11(20)12(14,15)21-9/h1-5H,(H,19,20)(H,16,17,18). The number of carbonyl (C=O) groups is 1. The number of nitrogens with zero attached hydrogens (tertiary/aromatic N) is 2. The molecule has 0 bridgehead atoms. The summed E-state index contributed by atoms with van der Waals surface area (Å²) in [5.74, 6) is -2.52. The average molecular weight is 296 g/mol. The van der Waals surface area contributed by atoms with Crippen LogP contribution >= 0.6 is 0 Å². The number of fused-ring (bicyclic) bond motifs is 1. The zero-order valence-corrected chi connectivity index (χ0v) is 10.2. The molecule has 9 heteroatoms. The normalized spacial score (nSPS) is 15.7. The minimum absolute atomic E-state index is 0.0467. The molecule has 1 aliphatic heterocycles. The molecule has 1 amide bonds. The zero-order chi connectivity index (χ0) is 15.0. The highest BCUT2D eigenvalue weighted by Crippen LogP contribution is 2.37. The molecular formula is C12H7F3N4O2. The van der Waals surface area contributed by atoms with Crippen molar-refractivity contribution < 1.29 is 22.7 Å². The third-order valence-corrected chi connectivity index (χ3v) is 2.66. The number of hydrogen-bond donors (Lipinski definition) is 2. The second kappa shape index (κ2) is 4.62. The number of ether oxygens (including phenoxy) is 1. The fourth-order valence-corrected chi connectivity index (χ4v) is 1.72. The van der Waals surface area contributed by atoms with Crippen LogP contribution in [0.1, 0.15) is 0 Å².